The highest BCUT2D eigenvalue weighted by atomic mass is 35.5. The Morgan fingerprint density at radius 3 is 2.78 bits per heavy atom. The first-order valence-corrected chi connectivity index (χ1v) is 3.39. The van der Waals surface area contributed by atoms with Crippen LogP contribution in [0.15, 0.2) is 24.4 Å². The largest absolute Gasteiger partial charge is 0.223 e. The maximum Gasteiger partial charge on any atom is 0.223 e. The van der Waals surface area contributed by atoms with Crippen LogP contribution in [-0.4, -0.2) is 0 Å². The lowest BCUT2D eigenvalue weighted by molar-refractivity contribution is -0.684. The molecule has 0 unspecified atom stereocenters. The van der Waals surface area contributed by atoms with E-state index in [-0.39, 0.29) is 0 Å². The minimum absolute atomic E-state index is 0.534. The van der Waals surface area contributed by atoms with Gasteiger partial charge in [-0.1, -0.05) is 17.7 Å². The van der Waals surface area contributed by atoms with Crippen molar-refractivity contribution in [3.05, 3.63) is 30.1 Å². The average molecular weight is 143 g/mol. The minimum atomic E-state index is 0.534. The van der Waals surface area contributed by atoms with Crippen molar-refractivity contribution in [2.45, 2.75) is 12.9 Å². The fourth-order valence-corrected chi connectivity index (χ4v) is 0.964. The Balaban J connectivity index is 3.01. The van der Waals surface area contributed by atoms with Crippen molar-refractivity contribution in [2.24, 2.45) is 0 Å². The molecule has 1 aromatic rings. The molecule has 1 aromatic heterocycles. The molecule has 9 heavy (non-hydrogen) atoms. The van der Waals surface area contributed by atoms with Gasteiger partial charge in [-0.05, 0) is 0 Å². The second kappa shape index (κ2) is 2.83. The third-order valence-electron chi connectivity index (χ3n) is 1.30. The summed E-state index contributed by atoms with van der Waals surface area (Å²) < 4.78 is 1.97. The van der Waals surface area contributed by atoms with Crippen molar-refractivity contribution < 1.29 is 4.57 Å². The number of rotatable bonds is 1. The first kappa shape index (κ1) is 6.56. The summed E-state index contributed by atoms with van der Waals surface area (Å²) in [5.41, 5.74) is 1.19. The fourth-order valence-electron chi connectivity index (χ4n) is 0.696. The van der Waals surface area contributed by atoms with Gasteiger partial charge in [0.25, 0.3) is 0 Å². The lowest BCUT2D eigenvalue weighted by atomic mass is 10.4. The van der Waals surface area contributed by atoms with Gasteiger partial charge in [0.15, 0.2) is 11.9 Å². The maximum absolute atomic E-state index is 5.60. The van der Waals surface area contributed by atoms with Gasteiger partial charge in [-0.15, -0.1) is 0 Å². The van der Waals surface area contributed by atoms with Crippen LogP contribution in [0.25, 0.3) is 0 Å². The summed E-state index contributed by atoms with van der Waals surface area (Å²) in [4.78, 5) is 0. The zero-order valence-corrected chi connectivity index (χ0v) is 6.10. The highest BCUT2D eigenvalue weighted by Gasteiger charge is 1.98. The first-order valence-electron chi connectivity index (χ1n) is 2.85. The summed E-state index contributed by atoms with van der Waals surface area (Å²) >= 11 is 5.60. The van der Waals surface area contributed by atoms with Crippen molar-refractivity contribution in [1.82, 2.24) is 0 Å². The smallest absolute Gasteiger partial charge is 0.188 e. The maximum atomic E-state index is 5.60. The van der Waals surface area contributed by atoms with Crippen LogP contribution in [-0.2, 0) is 6.00 Å². The summed E-state index contributed by atoms with van der Waals surface area (Å²) in [6.45, 7) is 2.03. The molecule has 2 heteroatoms. The van der Waals surface area contributed by atoms with Gasteiger partial charge in [0.2, 0.25) is 6.00 Å². The zero-order valence-electron chi connectivity index (χ0n) is 5.34. The molecule has 0 bridgehead atoms. The van der Waals surface area contributed by atoms with Gasteiger partial charge in [-0.3, -0.25) is 0 Å². The molecule has 48 valence electrons. The number of hydrogen-bond acceptors (Lipinski definition) is 0. The summed E-state index contributed by atoms with van der Waals surface area (Å²) in [5.74, 6) is 0. The zero-order chi connectivity index (χ0) is 6.69. The Bertz CT molecular complexity index is 198. The Morgan fingerprint density at radius 1 is 1.56 bits per heavy atom. The van der Waals surface area contributed by atoms with Crippen molar-refractivity contribution in [3.8, 4) is 0 Å². The fraction of sp³-hybridized carbons (Fsp3) is 0.286. The van der Waals surface area contributed by atoms with Gasteiger partial charge < -0.3 is 0 Å². The lowest BCUT2D eigenvalue weighted by Crippen LogP contribution is -2.33. The van der Waals surface area contributed by atoms with E-state index in [4.69, 9.17) is 11.6 Å². The molecule has 0 fully saturated rings. The van der Waals surface area contributed by atoms with E-state index in [1.54, 1.807) is 0 Å². The van der Waals surface area contributed by atoms with Crippen LogP contribution in [0.3, 0.4) is 0 Å². The quantitative estimate of drug-likeness (QED) is 0.413. The SMILES string of the molecule is Cc1cccc[n+]1CCl. The van der Waals surface area contributed by atoms with Crippen LogP contribution in [0.5, 0.6) is 0 Å². The summed E-state index contributed by atoms with van der Waals surface area (Å²) in [7, 11) is 0. The van der Waals surface area contributed by atoms with E-state index in [0.29, 0.717) is 6.00 Å². The Hall–Kier alpha value is -0.560. The van der Waals surface area contributed by atoms with E-state index < -0.39 is 0 Å². The van der Waals surface area contributed by atoms with Crippen LogP contribution in [0.2, 0.25) is 0 Å². The molecule has 0 N–H and O–H groups in total. The number of aromatic nitrogens is 1. The van der Waals surface area contributed by atoms with Gasteiger partial charge in [-0.2, -0.15) is 4.57 Å². The molecule has 0 radical (unpaired) electrons. The third kappa shape index (κ3) is 1.42. The van der Waals surface area contributed by atoms with Gasteiger partial charge >= 0.3 is 0 Å². The number of hydrogen-bond donors (Lipinski definition) is 0. The molecule has 0 saturated heterocycles. The second-order valence-electron chi connectivity index (χ2n) is 1.93. The number of alkyl halides is 1. The Labute approximate surface area is 59.9 Å². The highest BCUT2D eigenvalue weighted by molar-refractivity contribution is 6.14. The molecular weight excluding hydrogens is 134 g/mol. The van der Waals surface area contributed by atoms with Crippen LogP contribution in [0.4, 0.5) is 0 Å². The lowest BCUT2D eigenvalue weighted by Gasteiger charge is -1.91. The van der Waals surface area contributed by atoms with Crippen LogP contribution in [0, 0.1) is 6.92 Å². The van der Waals surface area contributed by atoms with Crippen LogP contribution < -0.4 is 4.57 Å². The van der Waals surface area contributed by atoms with Crippen molar-refractivity contribution >= 4 is 11.6 Å². The van der Waals surface area contributed by atoms with Crippen molar-refractivity contribution in [1.29, 1.82) is 0 Å². The summed E-state index contributed by atoms with van der Waals surface area (Å²) in [6.07, 6.45) is 1.96. The van der Waals surface area contributed by atoms with E-state index in [1.165, 1.54) is 5.69 Å². The predicted molar refractivity (Wildman–Crippen MR) is 37.2 cm³/mol. The van der Waals surface area contributed by atoms with Crippen LogP contribution >= 0.6 is 11.6 Å². The molecule has 0 aliphatic rings. The summed E-state index contributed by atoms with van der Waals surface area (Å²) in [6, 6.07) is 6.53. The molecule has 0 spiro atoms. The van der Waals surface area contributed by atoms with E-state index >= 15 is 0 Å². The van der Waals surface area contributed by atoms with Gasteiger partial charge in [0, 0.05) is 19.1 Å². The van der Waals surface area contributed by atoms with E-state index in [1.807, 2.05) is 35.9 Å². The third-order valence-corrected chi connectivity index (χ3v) is 1.55. The molecule has 0 aliphatic heterocycles. The van der Waals surface area contributed by atoms with Gasteiger partial charge in [0.1, 0.15) is 0 Å². The standard InChI is InChI=1S/C7H9ClN/c1-7-4-2-3-5-9(7)6-8/h2-5H,6H2,1H3/q+1. The van der Waals surface area contributed by atoms with Crippen molar-refractivity contribution in [3.63, 3.8) is 0 Å². The molecule has 0 saturated carbocycles. The number of nitrogens with zero attached hydrogens (tertiary/aromatic N) is 1. The summed E-state index contributed by atoms with van der Waals surface area (Å²) in [5, 5.41) is 0. The normalized spacial score (nSPS) is 9.56. The predicted octanol–water partition coefficient (Wildman–Crippen LogP) is 1.48. The first-order chi connectivity index (χ1) is 4.34. The van der Waals surface area contributed by atoms with Gasteiger partial charge in [0.05, 0.1) is 0 Å². The number of aryl methyl sites for hydroxylation is 1. The Kier molecular flexibility index (Phi) is 2.06. The molecule has 1 rings (SSSR count). The monoisotopic (exact) mass is 142 g/mol. The molecule has 1 nitrogen and oxygen atoms in total. The highest BCUT2D eigenvalue weighted by Crippen LogP contribution is 1.87. The molecular formula is C7H9ClN+. The van der Waals surface area contributed by atoms with E-state index in [0.717, 1.165) is 0 Å². The molecule has 0 aromatic carbocycles. The molecule has 0 amide bonds. The number of pyridine rings is 1. The minimum Gasteiger partial charge on any atom is -0.188 e. The topological polar surface area (TPSA) is 3.88 Å². The van der Waals surface area contributed by atoms with E-state index in [9.17, 15) is 0 Å². The Morgan fingerprint density at radius 2 is 2.33 bits per heavy atom. The molecule has 0 atom stereocenters. The average Bonchev–Trinajstić information content (AvgIpc) is 1.89. The second-order valence-corrected chi connectivity index (χ2v) is 2.17. The van der Waals surface area contributed by atoms with E-state index in [2.05, 4.69) is 0 Å². The molecule has 1 heterocycles. The van der Waals surface area contributed by atoms with Gasteiger partial charge in [-0.25, -0.2) is 0 Å². The molecule has 0 aliphatic carbocycles. The van der Waals surface area contributed by atoms with Crippen molar-refractivity contribution in [2.75, 3.05) is 0 Å². The van der Waals surface area contributed by atoms with Crippen LogP contribution in [0.1, 0.15) is 5.69 Å². The number of halogens is 1.